The van der Waals surface area contributed by atoms with Gasteiger partial charge in [0, 0.05) is 29.9 Å². The van der Waals surface area contributed by atoms with Crippen LogP contribution < -0.4 is 14.8 Å². The average molecular weight is 275 g/mol. The van der Waals surface area contributed by atoms with E-state index in [9.17, 15) is 0 Å². The van der Waals surface area contributed by atoms with Crippen molar-refractivity contribution < 1.29 is 9.47 Å². The van der Waals surface area contributed by atoms with E-state index in [4.69, 9.17) is 9.47 Å². The fourth-order valence-corrected chi connectivity index (χ4v) is 2.24. The Balaban J connectivity index is 2.14. The first-order valence-corrected chi connectivity index (χ1v) is 6.63. The standard InChI is InChI=1S/C15H21N3O2/c1-10(17-11(2)14-7-8-16-18-14)13-6-5-12(19-3)9-15(13)20-4/h5-11,17H,1-4H3,(H,16,18). The number of nitrogens with one attached hydrogen (secondary N) is 2. The molecule has 2 N–H and O–H groups in total. The molecule has 0 spiro atoms. The number of benzene rings is 1. The molecular formula is C15H21N3O2. The quantitative estimate of drug-likeness (QED) is 0.851. The van der Waals surface area contributed by atoms with Gasteiger partial charge in [-0.2, -0.15) is 5.10 Å². The van der Waals surface area contributed by atoms with Gasteiger partial charge >= 0.3 is 0 Å². The lowest BCUT2D eigenvalue weighted by Crippen LogP contribution is -2.23. The minimum atomic E-state index is 0.147. The summed E-state index contributed by atoms with van der Waals surface area (Å²) in [7, 11) is 3.32. The van der Waals surface area contributed by atoms with Crippen LogP contribution in [0, 0.1) is 0 Å². The van der Waals surface area contributed by atoms with E-state index >= 15 is 0 Å². The molecule has 1 aromatic carbocycles. The number of rotatable bonds is 6. The van der Waals surface area contributed by atoms with Crippen LogP contribution >= 0.6 is 0 Å². The maximum Gasteiger partial charge on any atom is 0.127 e. The van der Waals surface area contributed by atoms with E-state index in [0.29, 0.717) is 0 Å². The van der Waals surface area contributed by atoms with Crippen molar-refractivity contribution in [1.29, 1.82) is 0 Å². The van der Waals surface area contributed by atoms with Crippen LogP contribution in [0.3, 0.4) is 0 Å². The largest absolute Gasteiger partial charge is 0.497 e. The summed E-state index contributed by atoms with van der Waals surface area (Å²) in [5, 5.41) is 10.5. The highest BCUT2D eigenvalue weighted by atomic mass is 16.5. The Bertz CT molecular complexity index is 540. The fraction of sp³-hybridized carbons (Fsp3) is 0.400. The van der Waals surface area contributed by atoms with E-state index in [1.807, 2.05) is 24.3 Å². The van der Waals surface area contributed by atoms with Gasteiger partial charge in [0.15, 0.2) is 0 Å². The van der Waals surface area contributed by atoms with Gasteiger partial charge in [-0.1, -0.05) is 6.07 Å². The molecule has 0 saturated carbocycles. The third-order valence-corrected chi connectivity index (χ3v) is 3.40. The summed E-state index contributed by atoms with van der Waals surface area (Å²) in [5.74, 6) is 1.61. The lowest BCUT2D eigenvalue weighted by atomic mass is 10.1. The highest BCUT2D eigenvalue weighted by Gasteiger charge is 2.16. The van der Waals surface area contributed by atoms with Crippen molar-refractivity contribution in [3.05, 3.63) is 41.7 Å². The van der Waals surface area contributed by atoms with E-state index in [1.54, 1.807) is 20.4 Å². The molecule has 20 heavy (non-hydrogen) atoms. The van der Waals surface area contributed by atoms with Crippen molar-refractivity contribution in [2.75, 3.05) is 14.2 Å². The molecule has 2 unspecified atom stereocenters. The second kappa shape index (κ2) is 6.43. The predicted octanol–water partition coefficient (Wildman–Crippen LogP) is 2.84. The number of ether oxygens (including phenoxy) is 2. The molecule has 0 amide bonds. The van der Waals surface area contributed by atoms with Crippen LogP contribution in [0.25, 0.3) is 0 Å². The molecule has 0 aliphatic rings. The van der Waals surface area contributed by atoms with Crippen molar-refractivity contribution in [1.82, 2.24) is 15.5 Å². The molecule has 2 rings (SSSR count). The first-order valence-electron chi connectivity index (χ1n) is 6.63. The van der Waals surface area contributed by atoms with Gasteiger partial charge in [-0.3, -0.25) is 5.10 Å². The maximum atomic E-state index is 5.44. The number of hydrogen-bond donors (Lipinski definition) is 2. The summed E-state index contributed by atoms with van der Waals surface area (Å²) >= 11 is 0. The second-order valence-corrected chi connectivity index (χ2v) is 4.73. The number of aromatic amines is 1. The van der Waals surface area contributed by atoms with Gasteiger partial charge in [0.2, 0.25) is 0 Å². The zero-order valence-electron chi connectivity index (χ0n) is 12.3. The second-order valence-electron chi connectivity index (χ2n) is 4.73. The van der Waals surface area contributed by atoms with Gasteiger partial charge in [-0.05, 0) is 26.0 Å². The highest BCUT2D eigenvalue weighted by Crippen LogP contribution is 2.30. The summed E-state index contributed by atoms with van der Waals surface area (Å²) in [6.45, 7) is 4.21. The number of methoxy groups -OCH3 is 2. The normalized spacial score (nSPS) is 13.8. The number of aromatic nitrogens is 2. The van der Waals surface area contributed by atoms with Crippen LogP contribution in [0.2, 0.25) is 0 Å². The number of H-pyrrole nitrogens is 1. The summed E-state index contributed by atoms with van der Waals surface area (Å²) in [6.07, 6.45) is 1.76. The first kappa shape index (κ1) is 14.4. The van der Waals surface area contributed by atoms with E-state index in [0.717, 1.165) is 22.8 Å². The van der Waals surface area contributed by atoms with E-state index in [-0.39, 0.29) is 12.1 Å². The lowest BCUT2D eigenvalue weighted by molar-refractivity contribution is 0.382. The molecule has 2 aromatic rings. The van der Waals surface area contributed by atoms with E-state index in [1.165, 1.54) is 0 Å². The Kier molecular flexibility index (Phi) is 4.63. The smallest absolute Gasteiger partial charge is 0.127 e. The number of nitrogens with zero attached hydrogens (tertiary/aromatic N) is 1. The van der Waals surface area contributed by atoms with Crippen molar-refractivity contribution in [3.63, 3.8) is 0 Å². The van der Waals surface area contributed by atoms with Crippen LogP contribution in [0.5, 0.6) is 11.5 Å². The molecule has 108 valence electrons. The maximum absolute atomic E-state index is 5.44. The van der Waals surface area contributed by atoms with Gasteiger partial charge in [0.05, 0.1) is 19.9 Å². The Hall–Kier alpha value is -2.01. The van der Waals surface area contributed by atoms with Crippen LogP contribution in [-0.4, -0.2) is 24.4 Å². The summed E-state index contributed by atoms with van der Waals surface area (Å²) in [4.78, 5) is 0. The Morgan fingerprint density at radius 3 is 2.50 bits per heavy atom. The van der Waals surface area contributed by atoms with Crippen molar-refractivity contribution >= 4 is 0 Å². The molecule has 5 heteroatoms. The van der Waals surface area contributed by atoms with E-state index in [2.05, 4.69) is 29.4 Å². The highest BCUT2D eigenvalue weighted by molar-refractivity contribution is 5.42. The number of hydrogen-bond acceptors (Lipinski definition) is 4. The van der Waals surface area contributed by atoms with Crippen molar-refractivity contribution in [2.24, 2.45) is 0 Å². The zero-order chi connectivity index (χ0) is 14.5. The van der Waals surface area contributed by atoms with Crippen LogP contribution in [0.15, 0.2) is 30.5 Å². The van der Waals surface area contributed by atoms with Gasteiger partial charge in [-0.15, -0.1) is 0 Å². The molecule has 1 heterocycles. The van der Waals surface area contributed by atoms with Gasteiger partial charge in [-0.25, -0.2) is 0 Å². The molecule has 0 bridgehead atoms. The van der Waals surface area contributed by atoms with Crippen LogP contribution in [-0.2, 0) is 0 Å². The summed E-state index contributed by atoms with van der Waals surface area (Å²) in [5.41, 5.74) is 2.16. The minimum Gasteiger partial charge on any atom is -0.497 e. The Labute approximate surface area is 119 Å². The molecule has 0 saturated heterocycles. The third kappa shape index (κ3) is 3.11. The van der Waals surface area contributed by atoms with E-state index < -0.39 is 0 Å². The lowest BCUT2D eigenvalue weighted by Gasteiger charge is -2.21. The molecule has 0 fully saturated rings. The molecule has 0 aliphatic carbocycles. The molecule has 5 nitrogen and oxygen atoms in total. The topological polar surface area (TPSA) is 59.2 Å². The van der Waals surface area contributed by atoms with Crippen molar-refractivity contribution in [2.45, 2.75) is 25.9 Å². The van der Waals surface area contributed by atoms with Gasteiger partial charge in [0.25, 0.3) is 0 Å². The Morgan fingerprint density at radius 1 is 1.10 bits per heavy atom. The fourth-order valence-electron chi connectivity index (χ4n) is 2.24. The molecule has 2 atom stereocenters. The monoisotopic (exact) mass is 275 g/mol. The first-order chi connectivity index (χ1) is 9.65. The molecule has 1 aromatic heterocycles. The SMILES string of the molecule is COc1ccc(C(C)NC(C)c2ccn[nH]2)c(OC)c1. The molecule has 0 aliphatic heterocycles. The van der Waals surface area contributed by atoms with Gasteiger partial charge in [0.1, 0.15) is 11.5 Å². The molecular weight excluding hydrogens is 254 g/mol. The third-order valence-electron chi connectivity index (χ3n) is 3.40. The minimum absolute atomic E-state index is 0.147. The molecule has 0 radical (unpaired) electrons. The summed E-state index contributed by atoms with van der Waals surface area (Å²) in [6, 6.07) is 8.16. The Morgan fingerprint density at radius 2 is 1.90 bits per heavy atom. The summed E-state index contributed by atoms with van der Waals surface area (Å²) < 4.78 is 10.7. The zero-order valence-corrected chi connectivity index (χ0v) is 12.3. The average Bonchev–Trinajstić information content (AvgIpc) is 3.00. The van der Waals surface area contributed by atoms with Crippen LogP contribution in [0.4, 0.5) is 0 Å². The van der Waals surface area contributed by atoms with Gasteiger partial charge < -0.3 is 14.8 Å². The van der Waals surface area contributed by atoms with Crippen molar-refractivity contribution in [3.8, 4) is 11.5 Å². The predicted molar refractivity (Wildman–Crippen MR) is 78.1 cm³/mol. The van der Waals surface area contributed by atoms with Crippen LogP contribution in [0.1, 0.15) is 37.2 Å².